The fourth-order valence-corrected chi connectivity index (χ4v) is 4.11. The molecule has 1 fully saturated rings. The van der Waals surface area contributed by atoms with Gasteiger partial charge in [0.2, 0.25) is 0 Å². The fraction of sp³-hybridized carbons (Fsp3) is 0.333. The van der Waals surface area contributed by atoms with Crippen LogP contribution in [0.25, 0.3) is 0 Å². The van der Waals surface area contributed by atoms with E-state index in [4.69, 9.17) is 4.74 Å². The van der Waals surface area contributed by atoms with Gasteiger partial charge in [0.15, 0.2) is 0 Å². The molecule has 0 bridgehead atoms. The van der Waals surface area contributed by atoms with Crippen molar-refractivity contribution in [2.24, 2.45) is 0 Å². The van der Waals surface area contributed by atoms with Crippen LogP contribution < -0.4 is 4.74 Å². The van der Waals surface area contributed by atoms with E-state index >= 15 is 0 Å². The minimum absolute atomic E-state index is 0.169. The molecule has 108 valence electrons. The van der Waals surface area contributed by atoms with Crippen LogP contribution in [0.5, 0.6) is 5.75 Å². The number of benzene rings is 2. The van der Waals surface area contributed by atoms with Crippen LogP contribution in [-0.4, -0.2) is 17.0 Å². The van der Waals surface area contributed by atoms with Crippen LogP contribution in [0.1, 0.15) is 36.0 Å². The molecule has 1 aliphatic carbocycles. The summed E-state index contributed by atoms with van der Waals surface area (Å²) in [6.07, 6.45) is 2.22. The largest absolute Gasteiger partial charge is 0.490 e. The molecule has 1 saturated carbocycles. The maximum Gasteiger partial charge on any atom is 0.120 e. The van der Waals surface area contributed by atoms with E-state index in [1.165, 1.54) is 10.5 Å². The molecule has 3 heteroatoms. The van der Waals surface area contributed by atoms with E-state index in [1.54, 1.807) is 0 Å². The van der Waals surface area contributed by atoms with E-state index in [1.807, 2.05) is 36.0 Å². The van der Waals surface area contributed by atoms with Crippen molar-refractivity contribution in [1.29, 1.82) is 0 Å². The SMILES string of the molecule is OC(c1cccc(OC2CC2)c1)C1CSc2ccccc21. The molecule has 4 rings (SSSR count). The molecule has 0 saturated heterocycles. The van der Waals surface area contributed by atoms with Crippen molar-refractivity contribution in [3.05, 3.63) is 59.7 Å². The number of fused-ring (bicyclic) bond motifs is 1. The predicted octanol–water partition coefficient (Wildman–Crippen LogP) is 4.15. The van der Waals surface area contributed by atoms with Gasteiger partial charge in [0.1, 0.15) is 5.75 Å². The monoisotopic (exact) mass is 298 g/mol. The number of ether oxygens (including phenoxy) is 1. The van der Waals surface area contributed by atoms with Crippen molar-refractivity contribution < 1.29 is 9.84 Å². The van der Waals surface area contributed by atoms with Crippen molar-refractivity contribution in [1.82, 2.24) is 0 Å². The second kappa shape index (κ2) is 5.39. The quantitative estimate of drug-likeness (QED) is 0.919. The third kappa shape index (κ3) is 2.68. The van der Waals surface area contributed by atoms with E-state index in [9.17, 15) is 5.11 Å². The topological polar surface area (TPSA) is 29.5 Å². The summed E-state index contributed by atoms with van der Waals surface area (Å²) in [5.74, 6) is 1.99. The lowest BCUT2D eigenvalue weighted by atomic mass is 9.91. The zero-order chi connectivity index (χ0) is 14.2. The smallest absolute Gasteiger partial charge is 0.120 e. The highest BCUT2D eigenvalue weighted by Crippen LogP contribution is 2.45. The summed E-state index contributed by atoms with van der Waals surface area (Å²) in [6.45, 7) is 0. The van der Waals surface area contributed by atoms with Crippen molar-refractivity contribution >= 4 is 11.8 Å². The highest BCUT2D eigenvalue weighted by atomic mass is 32.2. The van der Waals surface area contributed by atoms with Gasteiger partial charge in [-0.15, -0.1) is 11.8 Å². The molecule has 1 N–H and O–H groups in total. The zero-order valence-corrected chi connectivity index (χ0v) is 12.6. The summed E-state index contributed by atoms with van der Waals surface area (Å²) in [6, 6.07) is 16.3. The third-order valence-corrected chi connectivity index (χ3v) is 5.35. The first kappa shape index (κ1) is 13.2. The Morgan fingerprint density at radius 2 is 1.95 bits per heavy atom. The lowest BCUT2D eigenvalue weighted by Crippen LogP contribution is -2.10. The first-order valence-electron chi connectivity index (χ1n) is 7.47. The van der Waals surface area contributed by atoms with E-state index in [0.29, 0.717) is 6.10 Å². The highest BCUT2D eigenvalue weighted by Gasteiger charge is 2.30. The Bertz CT molecular complexity index is 651. The van der Waals surface area contributed by atoms with Crippen molar-refractivity contribution in [3.8, 4) is 5.75 Å². The molecule has 1 aliphatic heterocycles. The number of hydrogen-bond donors (Lipinski definition) is 1. The average molecular weight is 298 g/mol. The number of hydrogen-bond acceptors (Lipinski definition) is 3. The van der Waals surface area contributed by atoms with E-state index < -0.39 is 6.10 Å². The summed E-state index contributed by atoms with van der Waals surface area (Å²) >= 11 is 1.83. The average Bonchev–Trinajstić information content (AvgIpc) is 3.23. The van der Waals surface area contributed by atoms with Gasteiger partial charge in [-0.1, -0.05) is 30.3 Å². The molecule has 0 spiro atoms. The van der Waals surface area contributed by atoms with Gasteiger partial charge in [-0.3, -0.25) is 0 Å². The van der Waals surface area contributed by atoms with Crippen molar-refractivity contribution in [3.63, 3.8) is 0 Å². The molecular formula is C18H18O2S. The maximum absolute atomic E-state index is 10.8. The minimum Gasteiger partial charge on any atom is -0.490 e. The van der Waals surface area contributed by atoms with E-state index in [-0.39, 0.29) is 5.92 Å². The Balaban J connectivity index is 1.58. The Labute approximate surface area is 129 Å². The normalized spacial score (nSPS) is 21.9. The molecule has 2 atom stereocenters. The van der Waals surface area contributed by atoms with Crippen LogP contribution in [0.15, 0.2) is 53.4 Å². The standard InChI is InChI=1S/C18H18O2S/c19-18(16-11-21-17-7-2-1-6-15(16)17)12-4-3-5-14(10-12)20-13-8-9-13/h1-7,10,13,16,18-19H,8-9,11H2. The number of thioether (sulfide) groups is 1. The molecule has 0 aromatic heterocycles. The molecule has 2 aliphatic rings. The maximum atomic E-state index is 10.8. The first-order chi connectivity index (χ1) is 10.3. The summed E-state index contributed by atoms with van der Waals surface area (Å²) in [4.78, 5) is 1.30. The number of rotatable bonds is 4. The summed E-state index contributed by atoms with van der Waals surface area (Å²) in [5, 5.41) is 10.8. The fourth-order valence-electron chi connectivity index (χ4n) is 2.83. The molecular weight excluding hydrogens is 280 g/mol. The Hall–Kier alpha value is -1.45. The molecule has 1 heterocycles. The van der Waals surface area contributed by atoms with Gasteiger partial charge in [-0.25, -0.2) is 0 Å². The van der Waals surface area contributed by atoms with Gasteiger partial charge in [-0.05, 0) is 42.2 Å². The molecule has 21 heavy (non-hydrogen) atoms. The minimum atomic E-state index is -0.469. The lowest BCUT2D eigenvalue weighted by molar-refractivity contribution is 0.153. The highest BCUT2D eigenvalue weighted by molar-refractivity contribution is 7.99. The van der Waals surface area contributed by atoms with Crippen LogP contribution in [0.3, 0.4) is 0 Å². The van der Waals surface area contributed by atoms with Crippen LogP contribution in [-0.2, 0) is 0 Å². The van der Waals surface area contributed by atoms with Gasteiger partial charge < -0.3 is 9.84 Å². The first-order valence-corrected chi connectivity index (χ1v) is 8.46. The van der Waals surface area contributed by atoms with Crippen molar-refractivity contribution in [2.45, 2.75) is 35.9 Å². The molecule has 2 nitrogen and oxygen atoms in total. The molecule has 0 amide bonds. The summed E-state index contributed by atoms with van der Waals surface area (Å²) in [7, 11) is 0. The van der Waals surface area contributed by atoms with Gasteiger partial charge in [-0.2, -0.15) is 0 Å². The molecule has 2 unspecified atom stereocenters. The van der Waals surface area contributed by atoms with Gasteiger partial charge >= 0.3 is 0 Å². The van der Waals surface area contributed by atoms with Crippen molar-refractivity contribution in [2.75, 3.05) is 5.75 Å². The van der Waals surface area contributed by atoms with E-state index in [0.717, 1.165) is 29.9 Å². The third-order valence-electron chi connectivity index (χ3n) is 4.14. The van der Waals surface area contributed by atoms with Crippen LogP contribution >= 0.6 is 11.8 Å². The molecule has 2 aromatic rings. The second-order valence-corrected chi connectivity index (χ2v) is 6.85. The Morgan fingerprint density at radius 3 is 2.81 bits per heavy atom. The predicted molar refractivity (Wildman–Crippen MR) is 85.0 cm³/mol. The molecule has 0 radical (unpaired) electrons. The molecule has 2 aromatic carbocycles. The van der Waals surface area contributed by atoms with Crippen LogP contribution in [0.2, 0.25) is 0 Å². The van der Waals surface area contributed by atoms with Crippen LogP contribution in [0.4, 0.5) is 0 Å². The Kier molecular flexibility index (Phi) is 3.40. The van der Waals surface area contributed by atoms with E-state index in [2.05, 4.69) is 24.3 Å². The van der Waals surface area contributed by atoms with Gasteiger partial charge in [0, 0.05) is 16.6 Å². The number of aliphatic hydroxyl groups is 1. The summed E-state index contributed by atoms with van der Waals surface area (Å²) in [5.41, 5.74) is 2.22. The van der Waals surface area contributed by atoms with Gasteiger partial charge in [0.05, 0.1) is 12.2 Å². The van der Waals surface area contributed by atoms with Gasteiger partial charge in [0.25, 0.3) is 0 Å². The Morgan fingerprint density at radius 1 is 1.10 bits per heavy atom. The number of aliphatic hydroxyl groups excluding tert-OH is 1. The van der Waals surface area contributed by atoms with Crippen LogP contribution in [0, 0.1) is 0 Å². The lowest BCUT2D eigenvalue weighted by Gasteiger charge is -2.19. The summed E-state index contributed by atoms with van der Waals surface area (Å²) < 4.78 is 5.83. The second-order valence-electron chi connectivity index (χ2n) is 5.79. The zero-order valence-electron chi connectivity index (χ0n) is 11.7.